The predicted octanol–water partition coefficient (Wildman–Crippen LogP) is 2.15. The van der Waals surface area contributed by atoms with E-state index in [0.29, 0.717) is 6.54 Å². The van der Waals surface area contributed by atoms with E-state index in [4.69, 9.17) is 0 Å². The third-order valence-electron chi connectivity index (χ3n) is 3.66. The maximum Gasteiger partial charge on any atom is 0.327 e. The van der Waals surface area contributed by atoms with E-state index in [0.717, 1.165) is 6.54 Å². The second-order valence-electron chi connectivity index (χ2n) is 5.31. The Kier molecular flexibility index (Phi) is 4.45. The van der Waals surface area contributed by atoms with Crippen LogP contribution in [0.4, 0.5) is 0 Å². The Hall–Kier alpha value is -1.81. The Morgan fingerprint density at radius 2 is 2.00 bits per heavy atom. The standard InChI is InChI=1S/C16H23N3O/c1-5-17-15(11-19-9-8-18(4)16(19)20)14-10-12(2)6-7-13(14)3/h6-10,15,17H,5,11H2,1-4H3. The van der Waals surface area contributed by atoms with Gasteiger partial charge in [-0.2, -0.15) is 0 Å². The summed E-state index contributed by atoms with van der Waals surface area (Å²) in [6.45, 7) is 7.83. The van der Waals surface area contributed by atoms with Gasteiger partial charge in [0.2, 0.25) is 0 Å². The fourth-order valence-corrected chi connectivity index (χ4v) is 2.50. The van der Waals surface area contributed by atoms with Crippen molar-refractivity contribution in [3.05, 3.63) is 57.8 Å². The first-order valence-corrected chi connectivity index (χ1v) is 7.05. The summed E-state index contributed by atoms with van der Waals surface area (Å²) in [7, 11) is 1.78. The number of nitrogens with one attached hydrogen (secondary N) is 1. The SMILES string of the molecule is CCNC(Cn1ccn(C)c1=O)c1cc(C)ccc1C. The lowest BCUT2D eigenvalue weighted by molar-refractivity contribution is 0.463. The molecule has 0 bridgehead atoms. The first-order chi connectivity index (χ1) is 9.52. The maximum atomic E-state index is 12.0. The van der Waals surface area contributed by atoms with E-state index < -0.39 is 0 Å². The molecule has 4 heteroatoms. The minimum absolute atomic E-state index is 0.0261. The molecule has 108 valence electrons. The van der Waals surface area contributed by atoms with Crippen LogP contribution in [0.1, 0.15) is 29.7 Å². The van der Waals surface area contributed by atoms with E-state index in [9.17, 15) is 4.79 Å². The summed E-state index contributed by atoms with van der Waals surface area (Å²) < 4.78 is 3.36. The molecule has 0 saturated heterocycles. The average Bonchev–Trinajstić information content (AvgIpc) is 2.73. The molecule has 1 N–H and O–H groups in total. The van der Waals surface area contributed by atoms with Crippen molar-refractivity contribution in [2.45, 2.75) is 33.4 Å². The van der Waals surface area contributed by atoms with Crippen LogP contribution < -0.4 is 11.0 Å². The second kappa shape index (κ2) is 6.09. The molecule has 0 fully saturated rings. The zero-order chi connectivity index (χ0) is 14.7. The van der Waals surface area contributed by atoms with Gasteiger partial charge in [-0.15, -0.1) is 0 Å². The van der Waals surface area contributed by atoms with Gasteiger partial charge in [-0.25, -0.2) is 4.79 Å². The molecule has 0 aliphatic carbocycles. The Morgan fingerprint density at radius 3 is 2.60 bits per heavy atom. The summed E-state index contributed by atoms with van der Waals surface area (Å²) >= 11 is 0. The first kappa shape index (κ1) is 14.6. The third kappa shape index (κ3) is 3.02. The van der Waals surface area contributed by atoms with E-state index in [2.05, 4.69) is 44.3 Å². The molecule has 1 aromatic carbocycles. The van der Waals surface area contributed by atoms with Crippen LogP contribution in [0.5, 0.6) is 0 Å². The maximum absolute atomic E-state index is 12.0. The van der Waals surface area contributed by atoms with Gasteiger partial charge in [0.15, 0.2) is 0 Å². The number of likely N-dealkylation sites (N-methyl/N-ethyl adjacent to an activating group) is 1. The van der Waals surface area contributed by atoms with Crippen molar-refractivity contribution in [3.63, 3.8) is 0 Å². The molecule has 1 unspecified atom stereocenters. The normalized spacial score (nSPS) is 12.6. The highest BCUT2D eigenvalue weighted by Crippen LogP contribution is 2.20. The van der Waals surface area contributed by atoms with Crippen molar-refractivity contribution in [3.8, 4) is 0 Å². The van der Waals surface area contributed by atoms with Gasteiger partial charge in [-0.3, -0.25) is 4.57 Å². The molecular formula is C16H23N3O. The molecule has 0 aliphatic heterocycles. The van der Waals surface area contributed by atoms with Gasteiger partial charge < -0.3 is 9.88 Å². The molecule has 1 aromatic heterocycles. The molecule has 2 aromatic rings. The van der Waals surface area contributed by atoms with Crippen LogP contribution in [0, 0.1) is 13.8 Å². The zero-order valence-electron chi connectivity index (χ0n) is 12.7. The van der Waals surface area contributed by atoms with Crippen molar-refractivity contribution < 1.29 is 0 Å². The Bertz CT molecular complexity index is 639. The number of hydrogen-bond donors (Lipinski definition) is 1. The number of benzene rings is 1. The molecule has 4 nitrogen and oxygen atoms in total. The van der Waals surface area contributed by atoms with Crippen molar-refractivity contribution in [2.75, 3.05) is 6.54 Å². The summed E-state index contributed by atoms with van der Waals surface area (Å²) in [6, 6.07) is 6.62. The molecule has 20 heavy (non-hydrogen) atoms. The zero-order valence-corrected chi connectivity index (χ0v) is 12.7. The van der Waals surface area contributed by atoms with Gasteiger partial charge in [0, 0.05) is 26.0 Å². The summed E-state index contributed by atoms with van der Waals surface area (Å²) in [4.78, 5) is 12.0. The largest absolute Gasteiger partial charge is 0.327 e. The summed E-state index contributed by atoms with van der Waals surface area (Å²) in [6.07, 6.45) is 3.65. The molecule has 0 aliphatic rings. The summed E-state index contributed by atoms with van der Waals surface area (Å²) in [5, 5.41) is 3.48. The van der Waals surface area contributed by atoms with Crippen molar-refractivity contribution in [1.29, 1.82) is 0 Å². The number of aryl methyl sites for hydroxylation is 3. The van der Waals surface area contributed by atoms with Crippen LogP contribution in [-0.2, 0) is 13.6 Å². The molecule has 0 saturated carbocycles. The van der Waals surface area contributed by atoms with E-state index in [1.807, 2.05) is 6.20 Å². The molecule has 1 heterocycles. The monoisotopic (exact) mass is 273 g/mol. The van der Waals surface area contributed by atoms with Crippen LogP contribution in [-0.4, -0.2) is 15.7 Å². The Labute approximate surface area is 120 Å². The van der Waals surface area contributed by atoms with Crippen LogP contribution in [0.25, 0.3) is 0 Å². The molecule has 2 rings (SSSR count). The van der Waals surface area contributed by atoms with Crippen LogP contribution in [0.3, 0.4) is 0 Å². The average molecular weight is 273 g/mol. The summed E-state index contributed by atoms with van der Waals surface area (Å²) in [5.74, 6) is 0. The van der Waals surface area contributed by atoms with Crippen molar-refractivity contribution in [2.24, 2.45) is 7.05 Å². The van der Waals surface area contributed by atoms with Gasteiger partial charge >= 0.3 is 5.69 Å². The number of aromatic nitrogens is 2. The fraction of sp³-hybridized carbons (Fsp3) is 0.438. The van der Waals surface area contributed by atoms with Crippen LogP contribution >= 0.6 is 0 Å². The molecule has 1 atom stereocenters. The third-order valence-corrected chi connectivity index (χ3v) is 3.66. The highest BCUT2D eigenvalue weighted by Gasteiger charge is 2.15. The molecule has 0 radical (unpaired) electrons. The molecule has 0 spiro atoms. The van der Waals surface area contributed by atoms with Crippen molar-refractivity contribution >= 4 is 0 Å². The van der Waals surface area contributed by atoms with Crippen LogP contribution in [0.2, 0.25) is 0 Å². The molecule has 0 amide bonds. The van der Waals surface area contributed by atoms with E-state index in [-0.39, 0.29) is 11.7 Å². The first-order valence-electron chi connectivity index (χ1n) is 7.05. The Morgan fingerprint density at radius 1 is 1.25 bits per heavy atom. The minimum Gasteiger partial charge on any atom is -0.309 e. The lowest BCUT2D eigenvalue weighted by Gasteiger charge is -2.21. The fourth-order valence-electron chi connectivity index (χ4n) is 2.50. The topological polar surface area (TPSA) is 39.0 Å². The number of nitrogens with zero attached hydrogens (tertiary/aromatic N) is 2. The van der Waals surface area contributed by atoms with Gasteiger partial charge in [-0.1, -0.05) is 30.7 Å². The smallest absolute Gasteiger partial charge is 0.309 e. The van der Waals surface area contributed by atoms with Gasteiger partial charge in [-0.05, 0) is 31.5 Å². The van der Waals surface area contributed by atoms with E-state index in [1.165, 1.54) is 16.7 Å². The van der Waals surface area contributed by atoms with E-state index >= 15 is 0 Å². The van der Waals surface area contributed by atoms with Crippen molar-refractivity contribution in [1.82, 2.24) is 14.5 Å². The number of rotatable bonds is 5. The lowest BCUT2D eigenvalue weighted by Crippen LogP contribution is -2.31. The highest BCUT2D eigenvalue weighted by atomic mass is 16.1. The highest BCUT2D eigenvalue weighted by molar-refractivity contribution is 5.33. The van der Waals surface area contributed by atoms with Gasteiger partial charge in [0.25, 0.3) is 0 Å². The second-order valence-corrected chi connectivity index (χ2v) is 5.31. The molecular weight excluding hydrogens is 250 g/mol. The Balaban J connectivity index is 2.34. The van der Waals surface area contributed by atoms with E-state index in [1.54, 1.807) is 22.4 Å². The number of imidazole rings is 1. The number of hydrogen-bond acceptors (Lipinski definition) is 2. The lowest BCUT2D eigenvalue weighted by atomic mass is 9.98. The van der Waals surface area contributed by atoms with Gasteiger partial charge in [0.1, 0.15) is 0 Å². The van der Waals surface area contributed by atoms with Crippen LogP contribution in [0.15, 0.2) is 35.4 Å². The quantitative estimate of drug-likeness (QED) is 0.906. The van der Waals surface area contributed by atoms with Gasteiger partial charge in [0.05, 0.1) is 6.04 Å². The predicted molar refractivity (Wildman–Crippen MR) is 82.0 cm³/mol. The minimum atomic E-state index is 0.0261. The summed E-state index contributed by atoms with van der Waals surface area (Å²) in [5.41, 5.74) is 3.79.